The molecule has 2 aliphatic carbocycles. The number of carbonyl (C=O) groups excluding carboxylic acids is 1. The molecule has 0 aliphatic heterocycles. The molecule has 0 aromatic rings. The molecule has 0 radical (unpaired) electrons. The number of sulfonamides is 1. The second-order valence-corrected chi connectivity index (χ2v) is 8.32. The summed E-state index contributed by atoms with van der Waals surface area (Å²) in [6.07, 6.45) is 2.59. The van der Waals surface area contributed by atoms with Crippen LogP contribution in [0.1, 0.15) is 46.5 Å². The van der Waals surface area contributed by atoms with Crippen LogP contribution in [-0.2, 0) is 19.6 Å². The Hall–Kier alpha value is -0.620. The largest absolute Gasteiger partial charge is 0.462 e. The third-order valence-electron chi connectivity index (χ3n) is 4.84. The number of carbonyl (C=O) groups is 1. The zero-order chi connectivity index (χ0) is 14.4. The van der Waals surface area contributed by atoms with Crippen molar-refractivity contribution in [2.75, 3.05) is 0 Å². The van der Waals surface area contributed by atoms with E-state index in [2.05, 4.69) is 0 Å². The standard InChI is InChI=1S/C13H23NO4S/c1-4-13(2,3)12(15)18-10-6-9-5-8(10)7-11(9)19(14,16)17/h8-11H,4-7H2,1-3H3,(H2,14,16,17). The molecule has 5 nitrogen and oxygen atoms in total. The zero-order valence-electron chi connectivity index (χ0n) is 11.8. The van der Waals surface area contributed by atoms with Gasteiger partial charge in [-0.2, -0.15) is 0 Å². The van der Waals surface area contributed by atoms with Gasteiger partial charge in [0, 0.05) is 0 Å². The van der Waals surface area contributed by atoms with Crippen LogP contribution >= 0.6 is 0 Å². The third-order valence-corrected chi connectivity index (χ3v) is 6.27. The van der Waals surface area contributed by atoms with Crippen molar-refractivity contribution in [3.63, 3.8) is 0 Å². The zero-order valence-corrected chi connectivity index (χ0v) is 12.6. The smallest absolute Gasteiger partial charge is 0.311 e. The van der Waals surface area contributed by atoms with Gasteiger partial charge in [0.25, 0.3) is 0 Å². The van der Waals surface area contributed by atoms with Crippen molar-refractivity contribution in [2.24, 2.45) is 22.4 Å². The summed E-state index contributed by atoms with van der Waals surface area (Å²) >= 11 is 0. The first kappa shape index (κ1) is 14.8. The number of nitrogens with two attached hydrogens (primary N) is 1. The van der Waals surface area contributed by atoms with E-state index in [1.165, 1.54) is 0 Å². The summed E-state index contributed by atoms with van der Waals surface area (Å²) in [6.45, 7) is 5.70. The molecule has 110 valence electrons. The van der Waals surface area contributed by atoms with Gasteiger partial charge in [0.1, 0.15) is 6.10 Å². The van der Waals surface area contributed by atoms with Gasteiger partial charge in [-0.1, -0.05) is 6.92 Å². The summed E-state index contributed by atoms with van der Waals surface area (Å²) in [7, 11) is -3.46. The van der Waals surface area contributed by atoms with Crippen molar-refractivity contribution in [1.29, 1.82) is 0 Å². The molecule has 4 unspecified atom stereocenters. The van der Waals surface area contributed by atoms with E-state index < -0.39 is 20.7 Å². The number of hydrogen-bond donors (Lipinski definition) is 1. The van der Waals surface area contributed by atoms with E-state index in [-0.39, 0.29) is 23.9 Å². The predicted molar refractivity (Wildman–Crippen MR) is 71.7 cm³/mol. The van der Waals surface area contributed by atoms with E-state index in [0.717, 1.165) is 12.8 Å². The van der Waals surface area contributed by atoms with Crippen LogP contribution in [0.2, 0.25) is 0 Å². The number of primary sulfonamides is 1. The highest BCUT2D eigenvalue weighted by molar-refractivity contribution is 7.89. The summed E-state index contributed by atoms with van der Waals surface area (Å²) in [6, 6.07) is 0. The normalized spacial score (nSPS) is 34.5. The lowest BCUT2D eigenvalue weighted by molar-refractivity contribution is -0.162. The van der Waals surface area contributed by atoms with Gasteiger partial charge in [-0.05, 0) is 51.4 Å². The van der Waals surface area contributed by atoms with Gasteiger partial charge in [0.05, 0.1) is 10.7 Å². The molecule has 2 fully saturated rings. The molecule has 0 aromatic carbocycles. The fraction of sp³-hybridized carbons (Fsp3) is 0.923. The second-order valence-electron chi connectivity index (χ2n) is 6.54. The molecule has 2 rings (SSSR count). The Balaban J connectivity index is 1.97. The SMILES string of the molecule is CCC(C)(C)C(=O)OC1CC2CC1CC2S(N)(=O)=O. The van der Waals surface area contributed by atoms with Gasteiger partial charge in [-0.15, -0.1) is 0 Å². The maximum absolute atomic E-state index is 12.0. The van der Waals surface area contributed by atoms with E-state index in [4.69, 9.17) is 9.88 Å². The predicted octanol–water partition coefficient (Wildman–Crippen LogP) is 1.42. The van der Waals surface area contributed by atoms with Crippen molar-refractivity contribution in [3.05, 3.63) is 0 Å². The molecule has 2 aliphatic rings. The van der Waals surface area contributed by atoms with Gasteiger partial charge in [-0.25, -0.2) is 13.6 Å². The number of fused-ring (bicyclic) bond motifs is 2. The Morgan fingerprint density at radius 1 is 1.26 bits per heavy atom. The molecule has 0 saturated heterocycles. The van der Waals surface area contributed by atoms with Gasteiger partial charge < -0.3 is 4.74 Å². The first-order valence-corrected chi connectivity index (χ1v) is 8.48. The van der Waals surface area contributed by atoms with E-state index in [1.54, 1.807) is 0 Å². The second kappa shape index (κ2) is 4.74. The van der Waals surface area contributed by atoms with Gasteiger partial charge >= 0.3 is 5.97 Å². The van der Waals surface area contributed by atoms with Crippen molar-refractivity contribution >= 4 is 16.0 Å². The lowest BCUT2D eigenvalue weighted by atomic mass is 9.90. The summed E-state index contributed by atoms with van der Waals surface area (Å²) in [5.74, 6) is 0.0344. The number of hydrogen-bond acceptors (Lipinski definition) is 4. The molecule has 19 heavy (non-hydrogen) atoms. The summed E-state index contributed by atoms with van der Waals surface area (Å²) in [5.41, 5.74) is -0.471. The monoisotopic (exact) mass is 289 g/mol. The third kappa shape index (κ3) is 2.79. The molecule has 0 heterocycles. The number of esters is 1. The Labute approximate surface area is 114 Å². The molecule has 0 amide bonds. The van der Waals surface area contributed by atoms with E-state index in [0.29, 0.717) is 12.8 Å². The molecule has 0 aromatic heterocycles. The summed E-state index contributed by atoms with van der Waals surface area (Å²) < 4.78 is 28.4. The first-order valence-electron chi connectivity index (χ1n) is 6.88. The molecule has 2 N–H and O–H groups in total. The highest BCUT2D eigenvalue weighted by Crippen LogP contribution is 2.48. The molecular formula is C13H23NO4S. The van der Waals surface area contributed by atoms with Crippen LogP contribution in [0.5, 0.6) is 0 Å². The Kier molecular flexibility index (Phi) is 3.68. The summed E-state index contributed by atoms with van der Waals surface area (Å²) in [4.78, 5) is 12.0. The average Bonchev–Trinajstić information content (AvgIpc) is 2.87. The Bertz CT molecular complexity index is 471. The van der Waals surface area contributed by atoms with Gasteiger partial charge in [-0.3, -0.25) is 4.79 Å². The van der Waals surface area contributed by atoms with Crippen LogP contribution in [0.3, 0.4) is 0 Å². The Morgan fingerprint density at radius 2 is 1.89 bits per heavy atom. The van der Waals surface area contributed by atoms with Crippen LogP contribution < -0.4 is 5.14 Å². The average molecular weight is 289 g/mol. The lowest BCUT2D eigenvalue weighted by Gasteiger charge is -2.29. The van der Waals surface area contributed by atoms with Crippen LogP contribution in [0, 0.1) is 17.3 Å². The van der Waals surface area contributed by atoms with Crippen LogP contribution in [0.15, 0.2) is 0 Å². The Morgan fingerprint density at radius 3 is 2.32 bits per heavy atom. The number of ether oxygens (including phenoxy) is 1. The minimum atomic E-state index is -3.46. The maximum atomic E-state index is 12.0. The molecule has 4 atom stereocenters. The molecule has 0 spiro atoms. The van der Waals surface area contributed by atoms with E-state index >= 15 is 0 Å². The first-order chi connectivity index (χ1) is 8.65. The fourth-order valence-corrected chi connectivity index (χ4v) is 4.43. The topological polar surface area (TPSA) is 86.5 Å². The van der Waals surface area contributed by atoms with Crippen molar-refractivity contribution in [1.82, 2.24) is 0 Å². The highest BCUT2D eigenvalue weighted by Gasteiger charge is 2.51. The van der Waals surface area contributed by atoms with Crippen molar-refractivity contribution in [2.45, 2.75) is 57.8 Å². The minimum absolute atomic E-state index is 0.0579. The molecule has 6 heteroatoms. The van der Waals surface area contributed by atoms with E-state index in [1.807, 2.05) is 20.8 Å². The van der Waals surface area contributed by atoms with Gasteiger partial charge in [0.15, 0.2) is 0 Å². The van der Waals surface area contributed by atoms with Crippen molar-refractivity contribution in [3.8, 4) is 0 Å². The van der Waals surface area contributed by atoms with Gasteiger partial charge in [0.2, 0.25) is 10.0 Å². The van der Waals surface area contributed by atoms with Crippen LogP contribution in [0.4, 0.5) is 0 Å². The van der Waals surface area contributed by atoms with Crippen LogP contribution in [-0.4, -0.2) is 25.7 Å². The quantitative estimate of drug-likeness (QED) is 0.793. The van der Waals surface area contributed by atoms with Crippen molar-refractivity contribution < 1.29 is 17.9 Å². The minimum Gasteiger partial charge on any atom is -0.462 e. The number of rotatable bonds is 4. The summed E-state index contributed by atoms with van der Waals surface area (Å²) in [5, 5.41) is 4.79. The fourth-order valence-electron chi connectivity index (χ4n) is 3.16. The molecule has 2 saturated carbocycles. The molecule has 2 bridgehead atoms. The van der Waals surface area contributed by atoms with Crippen LogP contribution in [0.25, 0.3) is 0 Å². The maximum Gasteiger partial charge on any atom is 0.311 e. The van der Waals surface area contributed by atoms with E-state index in [9.17, 15) is 13.2 Å². The highest BCUT2D eigenvalue weighted by atomic mass is 32.2. The molecular weight excluding hydrogens is 266 g/mol. The lowest BCUT2D eigenvalue weighted by Crippen LogP contribution is -2.39.